The summed E-state index contributed by atoms with van der Waals surface area (Å²) in [6.07, 6.45) is 4.98. The van der Waals surface area contributed by atoms with Gasteiger partial charge in [0.25, 0.3) is 0 Å². The first-order valence-corrected chi connectivity index (χ1v) is 7.54. The highest BCUT2D eigenvalue weighted by molar-refractivity contribution is 5.85. The van der Waals surface area contributed by atoms with Gasteiger partial charge in [0, 0.05) is 17.8 Å². The van der Waals surface area contributed by atoms with Crippen LogP contribution in [0.5, 0.6) is 0 Å². The van der Waals surface area contributed by atoms with E-state index in [2.05, 4.69) is 62.3 Å². The van der Waals surface area contributed by atoms with Crippen LogP contribution in [0.1, 0.15) is 39.7 Å². The molecule has 20 heavy (non-hydrogen) atoms. The van der Waals surface area contributed by atoms with Crippen molar-refractivity contribution in [2.24, 2.45) is 5.92 Å². The van der Waals surface area contributed by atoms with Crippen LogP contribution < -0.4 is 5.32 Å². The second kappa shape index (κ2) is 6.36. The average molecular weight is 270 g/mol. The molecule has 0 unspecified atom stereocenters. The minimum Gasteiger partial charge on any atom is -0.316 e. The second-order valence-corrected chi connectivity index (χ2v) is 6.63. The molecule has 2 nitrogen and oxygen atoms in total. The quantitative estimate of drug-likeness (QED) is 0.798. The lowest BCUT2D eigenvalue weighted by molar-refractivity contribution is 0.444. The van der Waals surface area contributed by atoms with Crippen molar-refractivity contribution in [3.8, 4) is 0 Å². The van der Waals surface area contributed by atoms with Crippen LogP contribution in [-0.4, -0.2) is 18.1 Å². The molecule has 2 rings (SSSR count). The topological polar surface area (TPSA) is 24.9 Å². The smallest absolute Gasteiger partial charge is 0.0346 e. The van der Waals surface area contributed by atoms with E-state index in [9.17, 15) is 0 Å². The highest BCUT2D eigenvalue weighted by atomic mass is 14.9. The van der Waals surface area contributed by atoms with Gasteiger partial charge in [-0.1, -0.05) is 45.9 Å². The zero-order valence-electron chi connectivity index (χ0n) is 13.1. The van der Waals surface area contributed by atoms with E-state index >= 15 is 0 Å². The third-order valence-corrected chi connectivity index (χ3v) is 3.89. The van der Waals surface area contributed by atoms with Gasteiger partial charge in [-0.3, -0.25) is 4.98 Å². The SMILES string of the molecule is CC(C)CNCCC(C)(C)c1cccc2cnccc12. The first kappa shape index (κ1) is 15.0. The van der Waals surface area contributed by atoms with Gasteiger partial charge >= 0.3 is 0 Å². The molecule has 0 fully saturated rings. The number of nitrogens with zero attached hydrogens (tertiary/aromatic N) is 1. The number of rotatable bonds is 6. The van der Waals surface area contributed by atoms with Crippen molar-refractivity contribution in [2.75, 3.05) is 13.1 Å². The Labute approximate surface area is 122 Å². The van der Waals surface area contributed by atoms with Crippen LogP contribution in [0.2, 0.25) is 0 Å². The lowest BCUT2D eigenvalue weighted by Gasteiger charge is -2.27. The van der Waals surface area contributed by atoms with E-state index in [1.807, 2.05) is 12.4 Å². The van der Waals surface area contributed by atoms with Crippen molar-refractivity contribution in [3.05, 3.63) is 42.2 Å². The van der Waals surface area contributed by atoms with E-state index in [0.29, 0.717) is 5.92 Å². The molecule has 108 valence electrons. The zero-order valence-corrected chi connectivity index (χ0v) is 13.1. The fourth-order valence-corrected chi connectivity index (χ4v) is 2.64. The summed E-state index contributed by atoms with van der Waals surface area (Å²) in [5.41, 5.74) is 1.59. The van der Waals surface area contributed by atoms with Crippen molar-refractivity contribution in [1.29, 1.82) is 0 Å². The molecule has 1 aromatic heterocycles. The molecular formula is C18H26N2. The lowest BCUT2D eigenvalue weighted by atomic mass is 9.79. The Balaban J connectivity index is 2.15. The molecule has 0 radical (unpaired) electrons. The van der Waals surface area contributed by atoms with Crippen LogP contribution in [0.15, 0.2) is 36.7 Å². The summed E-state index contributed by atoms with van der Waals surface area (Å²) in [5, 5.41) is 6.11. The van der Waals surface area contributed by atoms with E-state index < -0.39 is 0 Å². The molecule has 2 heteroatoms. The van der Waals surface area contributed by atoms with E-state index in [1.54, 1.807) is 0 Å². The van der Waals surface area contributed by atoms with Gasteiger partial charge in [-0.25, -0.2) is 0 Å². The Morgan fingerprint density at radius 1 is 1.20 bits per heavy atom. The summed E-state index contributed by atoms with van der Waals surface area (Å²) in [6, 6.07) is 8.67. The maximum absolute atomic E-state index is 4.22. The number of hydrogen-bond acceptors (Lipinski definition) is 2. The maximum Gasteiger partial charge on any atom is 0.0346 e. The number of nitrogens with one attached hydrogen (secondary N) is 1. The monoisotopic (exact) mass is 270 g/mol. The average Bonchev–Trinajstić information content (AvgIpc) is 2.43. The summed E-state index contributed by atoms with van der Waals surface area (Å²) >= 11 is 0. The lowest BCUT2D eigenvalue weighted by Crippen LogP contribution is -2.27. The van der Waals surface area contributed by atoms with Gasteiger partial charge in [0.15, 0.2) is 0 Å². The Kier molecular flexibility index (Phi) is 4.77. The van der Waals surface area contributed by atoms with Crippen molar-refractivity contribution >= 4 is 10.8 Å². The van der Waals surface area contributed by atoms with Gasteiger partial charge in [-0.2, -0.15) is 0 Å². The molecule has 0 aliphatic rings. The Hall–Kier alpha value is -1.41. The summed E-state index contributed by atoms with van der Waals surface area (Å²) in [5.74, 6) is 0.710. The van der Waals surface area contributed by atoms with Crippen LogP contribution in [0.25, 0.3) is 10.8 Å². The largest absolute Gasteiger partial charge is 0.316 e. The molecule has 0 aliphatic heterocycles. The van der Waals surface area contributed by atoms with Crippen LogP contribution in [-0.2, 0) is 5.41 Å². The van der Waals surface area contributed by atoms with Crippen LogP contribution in [0.4, 0.5) is 0 Å². The zero-order chi connectivity index (χ0) is 14.6. The van der Waals surface area contributed by atoms with E-state index in [-0.39, 0.29) is 5.41 Å². The van der Waals surface area contributed by atoms with E-state index in [1.165, 1.54) is 16.3 Å². The number of pyridine rings is 1. The molecule has 1 aromatic carbocycles. The van der Waals surface area contributed by atoms with Crippen molar-refractivity contribution in [3.63, 3.8) is 0 Å². The summed E-state index contributed by atoms with van der Waals surface area (Å²) in [7, 11) is 0. The molecule has 0 amide bonds. The molecule has 1 heterocycles. The van der Waals surface area contributed by atoms with Crippen LogP contribution in [0, 0.1) is 5.92 Å². The second-order valence-electron chi connectivity index (χ2n) is 6.63. The molecule has 0 saturated carbocycles. The van der Waals surface area contributed by atoms with Crippen LogP contribution in [0.3, 0.4) is 0 Å². The highest BCUT2D eigenvalue weighted by Crippen LogP contribution is 2.32. The molecule has 2 aromatic rings. The number of aromatic nitrogens is 1. The van der Waals surface area contributed by atoms with E-state index in [0.717, 1.165) is 19.5 Å². The van der Waals surface area contributed by atoms with E-state index in [4.69, 9.17) is 0 Å². The number of benzene rings is 1. The first-order chi connectivity index (χ1) is 9.50. The summed E-state index contributed by atoms with van der Waals surface area (Å²) in [6.45, 7) is 11.3. The van der Waals surface area contributed by atoms with Crippen molar-refractivity contribution < 1.29 is 0 Å². The highest BCUT2D eigenvalue weighted by Gasteiger charge is 2.22. The number of hydrogen-bond donors (Lipinski definition) is 1. The molecule has 0 atom stereocenters. The fourth-order valence-electron chi connectivity index (χ4n) is 2.64. The van der Waals surface area contributed by atoms with Crippen molar-refractivity contribution in [1.82, 2.24) is 10.3 Å². The maximum atomic E-state index is 4.22. The fraction of sp³-hybridized carbons (Fsp3) is 0.500. The minimum atomic E-state index is 0.171. The van der Waals surface area contributed by atoms with Gasteiger partial charge in [0.2, 0.25) is 0 Å². The molecule has 0 saturated heterocycles. The number of fused-ring (bicyclic) bond motifs is 1. The first-order valence-electron chi connectivity index (χ1n) is 7.54. The third kappa shape index (κ3) is 3.57. The van der Waals surface area contributed by atoms with Crippen LogP contribution >= 0.6 is 0 Å². The standard InChI is InChI=1S/C18H26N2/c1-14(2)12-20-11-9-18(3,4)17-7-5-6-15-13-19-10-8-16(15)17/h5-8,10,13-14,20H,9,11-12H2,1-4H3. The predicted molar refractivity (Wildman–Crippen MR) is 87.1 cm³/mol. The van der Waals surface area contributed by atoms with Gasteiger partial charge in [0.05, 0.1) is 0 Å². The van der Waals surface area contributed by atoms with Crippen molar-refractivity contribution in [2.45, 2.75) is 39.5 Å². The molecule has 0 spiro atoms. The van der Waals surface area contributed by atoms with Gasteiger partial charge in [0.1, 0.15) is 0 Å². The van der Waals surface area contributed by atoms with Gasteiger partial charge in [-0.15, -0.1) is 0 Å². The normalized spacial score (nSPS) is 12.2. The molecule has 1 N–H and O–H groups in total. The molecular weight excluding hydrogens is 244 g/mol. The van der Waals surface area contributed by atoms with Gasteiger partial charge < -0.3 is 5.32 Å². The molecule has 0 bridgehead atoms. The minimum absolute atomic E-state index is 0.171. The summed E-state index contributed by atoms with van der Waals surface area (Å²) in [4.78, 5) is 4.22. The Bertz CT molecular complexity index is 553. The molecule has 0 aliphatic carbocycles. The third-order valence-electron chi connectivity index (χ3n) is 3.89. The predicted octanol–water partition coefficient (Wildman–Crippen LogP) is 4.15. The Morgan fingerprint density at radius 3 is 2.75 bits per heavy atom. The summed E-state index contributed by atoms with van der Waals surface area (Å²) < 4.78 is 0. The van der Waals surface area contributed by atoms with Gasteiger partial charge in [-0.05, 0) is 47.9 Å². The Morgan fingerprint density at radius 2 is 2.00 bits per heavy atom.